The third kappa shape index (κ3) is 6.93. The maximum Gasteiger partial charge on any atom is 0.227 e. The maximum absolute atomic E-state index is 10.5. The predicted octanol–water partition coefficient (Wildman–Crippen LogP) is 4.50. The summed E-state index contributed by atoms with van der Waals surface area (Å²) in [6.07, 6.45) is 5.56. The van der Waals surface area contributed by atoms with Gasteiger partial charge in [0.25, 0.3) is 0 Å². The standard InChI is InChI=1S/C27H33N3O3/c1-5-15-29(18-24(31)20-32-16-6-2)19-26-22(4)28-30(23-12-8-7-9-13-23)27(26)33-25-14-10-11-21(3)17-25/h2,7-14,17,24,31H,5,15-16,18-20H2,1,3-4H3. The molecule has 0 spiro atoms. The Kier molecular flexibility index (Phi) is 9.08. The highest BCUT2D eigenvalue weighted by Crippen LogP contribution is 2.32. The van der Waals surface area contributed by atoms with Crippen LogP contribution in [0.2, 0.25) is 0 Å². The Morgan fingerprint density at radius 1 is 1.15 bits per heavy atom. The van der Waals surface area contributed by atoms with E-state index >= 15 is 0 Å². The fraction of sp³-hybridized carbons (Fsp3) is 0.370. The third-order valence-electron chi connectivity index (χ3n) is 5.23. The average molecular weight is 448 g/mol. The predicted molar refractivity (Wildman–Crippen MR) is 131 cm³/mol. The largest absolute Gasteiger partial charge is 0.439 e. The first-order valence-corrected chi connectivity index (χ1v) is 11.3. The van der Waals surface area contributed by atoms with Gasteiger partial charge in [0.1, 0.15) is 12.4 Å². The fourth-order valence-electron chi connectivity index (χ4n) is 3.74. The van der Waals surface area contributed by atoms with Crippen LogP contribution in [0.5, 0.6) is 11.6 Å². The summed E-state index contributed by atoms with van der Waals surface area (Å²) >= 11 is 0. The summed E-state index contributed by atoms with van der Waals surface area (Å²) in [6, 6.07) is 18.0. The number of nitrogens with zero attached hydrogens (tertiary/aromatic N) is 3. The minimum atomic E-state index is -0.629. The van der Waals surface area contributed by atoms with E-state index in [-0.39, 0.29) is 13.2 Å². The van der Waals surface area contributed by atoms with Gasteiger partial charge in [-0.1, -0.05) is 43.2 Å². The molecule has 0 fully saturated rings. The van der Waals surface area contributed by atoms with Crippen molar-refractivity contribution in [2.75, 3.05) is 26.3 Å². The molecule has 1 N–H and O–H groups in total. The number of aliphatic hydroxyl groups is 1. The van der Waals surface area contributed by atoms with Gasteiger partial charge in [-0.3, -0.25) is 4.90 Å². The van der Waals surface area contributed by atoms with Crippen molar-refractivity contribution < 1.29 is 14.6 Å². The molecule has 3 rings (SSSR count). The van der Waals surface area contributed by atoms with Crippen LogP contribution < -0.4 is 4.74 Å². The van der Waals surface area contributed by atoms with Gasteiger partial charge in [-0.25, -0.2) is 4.68 Å². The Bertz CT molecular complexity index is 1060. The van der Waals surface area contributed by atoms with Crippen LogP contribution in [0, 0.1) is 26.2 Å². The van der Waals surface area contributed by atoms with Crippen LogP contribution in [0.25, 0.3) is 5.69 Å². The van der Waals surface area contributed by atoms with Crippen molar-refractivity contribution in [3.8, 4) is 29.7 Å². The first-order chi connectivity index (χ1) is 16.0. The number of hydrogen-bond donors (Lipinski definition) is 1. The van der Waals surface area contributed by atoms with E-state index in [1.54, 1.807) is 0 Å². The van der Waals surface area contributed by atoms with Crippen molar-refractivity contribution in [3.05, 3.63) is 71.4 Å². The Morgan fingerprint density at radius 3 is 2.64 bits per heavy atom. The zero-order chi connectivity index (χ0) is 23.6. The summed E-state index contributed by atoms with van der Waals surface area (Å²) < 4.78 is 13.6. The summed E-state index contributed by atoms with van der Waals surface area (Å²) in [5.41, 5.74) is 3.93. The van der Waals surface area contributed by atoms with Gasteiger partial charge in [0.05, 0.1) is 29.7 Å². The highest BCUT2D eigenvalue weighted by Gasteiger charge is 2.22. The average Bonchev–Trinajstić information content (AvgIpc) is 3.10. The highest BCUT2D eigenvalue weighted by molar-refractivity contribution is 5.43. The monoisotopic (exact) mass is 447 g/mol. The number of hydrogen-bond acceptors (Lipinski definition) is 5. The molecule has 0 amide bonds. The maximum atomic E-state index is 10.5. The van der Waals surface area contributed by atoms with E-state index in [0.717, 1.165) is 41.2 Å². The molecule has 0 aliphatic rings. The summed E-state index contributed by atoms with van der Waals surface area (Å²) in [5, 5.41) is 15.3. The molecule has 1 unspecified atom stereocenters. The van der Waals surface area contributed by atoms with E-state index in [2.05, 4.69) is 17.7 Å². The number of rotatable bonds is 12. The van der Waals surface area contributed by atoms with E-state index in [1.165, 1.54) is 0 Å². The van der Waals surface area contributed by atoms with E-state index in [0.29, 0.717) is 19.0 Å². The van der Waals surface area contributed by atoms with Gasteiger partial charge >= 0.3 is 0 Å². The number of aromatic nitrogens is 2. The molecule has 1 aromatic heterocycles. The van der Waals surface area contributed by atoms with Crippen molar-refractivity contribution in [2.24, 2.45) is 0 Å². The third-order valence-corrected chi connectivity index (χ3v) is 5.23. The van der Waals surface area contributed by atoms with Crippen molar-refractivity contribution >= 4 is 0 Å². The minimum Gasteiger partial charge on any atom is -0.439 e. The van der Waals surface area contributed by atoms with Crippen LogP contribution in [0.15, 0.2) is 54.6 Å². The van der Waals surface area contributed by atoms with Gasteiger partial charge in [-0.15, -0.1) is 6.42 Å². The molecular formula is C27H33N3O3. The molecule has 174 valence electrons. The van der Waals surface area contributed by atoms with Gasteiger partial charge in [-0.05, 0) is 56.6 Å². The van der Waals surface area contributed by atoms with Crippen LogP contribution in [-0.4, -0.2) is 52.2 Å². The molecule has 33 heavy (non-hydrogen) atoms. The Balaban J connectivity index is 1.92. The molecule has 6 nitrogen and oxygen atoms in total. The molecule has 0 saturated heterocycles. The van der Waals surface area contributed by atoms with E-state index in [9.17, 15) is 5.11 Å². The zero-order valence-electron chi connectivity index (χ0n) is 19.7. The Labute approximate surface area is 196 Å². The van der Waals surface area contributed by atoms with Crippen LogP contribution in [-0.2, 0) is 11.3 Å². The summed E-state index contributed by atoms with van der Waals surface area (Å²) in [4.78, 5) is 2.20. The molecule has 1 atom stereocenters. The molecule has 0 bridgehead atoms. The van der Waals surface area contributed by atoms with E-state index in [4.69, 9.17) is 21.0 Å². The van der Waals surface area contributed by atoms with Gasteiger partial charge in [0.2, 0.25) is 5.88 Å². The van der Waals surface area contributed by atoms with Crippen LogP contribution in [0.1, 0.15) is 30.2 Å². The van der Waals surface area contributed by atoms with Crippen molar-refractivity contribution in [1.82, 2.24) is 14.7 Å². The highest BCUT2D eigenvalue weighted by atomic mass is 16.5. The lowest BCUT2D eigenvalue weighted by molar-refractivity contribution is 0.0259. The van der Waals surface area contributed by atoms with Gasteiger partial charge in [-0.2, -0.15) is 5.10 Å². The molecule has 3 aromatic rings. The Morgan fingerprint density at radius 2 is 1.94 bits per heavy atom. The quantitative estimate of drug-likeness (QED) is 0.327. The zero-order valence-corrected chi connectivity index (χ0v) is 19.7. The Hall–Kier alpha value is -3.11. The second-order valence-electron chi connectivity index (χ2n) is 8.14. The minimum absolute atomic E-state index is 0.197. The molecular weight excluding hydrogens is 414 g/mol. The summed E-state index contributed by atoms with van der Waals surface area (Å²) in [6.45, 7) is 8.46. The summed E-state index contributed by atoms with van der Waals surface area (Å²) in [5.74, 6) is 3.87. The lowest BCUT2D eigenvalue weighted by atomic mass is 10.2. The number of ether oxygens (including phenoxy) is 2. The number of para-hydroxylation sites is 1. The fourth-order valence-corrected chi connectivity index (χ4v) is 3.74. The van der Waals surface area contributed by atoms with Crippen molar-refractivity contribution in [2.45, 2.75) is 39.8 Å². The van der Waals surface area contributed by atoms with Crippen molar-refractivity contribution in [1.29, 1.82) is 0 Å². The van der Waals surface area contributed by atoms with Crippen LogP contribution in [0.3, 0.4) is 0 Å². The van der Waals surface area contributed by atoms with Gasteiger partial charge in [0, 0.05) is 13.1 Å². The smallest absolute Gasteiger partial charge is 0.227 e. The molecule has 6 heteroatoms. The van der Waals surface area contributed by atoms with E-state index in [1.807, 2.05) is 73.1 Å². The molecule has 0 saturated carbocycles. The first kappa shape index (κ1) is 24.5. The second kappa shape index (κ2) is 12.2. The molecule has 2 aromatic carbocycles. The van der Waals surface area contributed by atoms with Crippen LogP contribution in [0.4, 0.5) is 0 Å². The number of aryl methyl sites for hydroxylation is 2. The van der Waals surface area contributed by atoms with Gasteiger partial charge in [0.15, 0.2) is 0 Å². The van der Waals surface area contributed by atoms with Gasteiger partial charge < -0.3 is 14.6 Å². The van der Waals surface area contributed by atoms with Crippen molar-refractivity contribution in [3.63, 3.8) is 0 Å². The molecule has 1 heterocycles. The topological polar surface area (TPSA) is 59.8 Å². The lowest BCUT2D eigenvalue weighted by Crippen LogP contribution is -2.35. The van der Waals surface area contributed by atoms with Crippen LogP contribution >= 0.6 is 0 Å². The van der Waals surface area contributed by atoms with E-state index < -0.39 is 6.10 Å². The molecule has 0 radical (unpaired) electrons. The molecule has 0 aliphatic heterocycles. The number of terminal acetylenes is 1. The first-order valence-electron chi connectivity index (χ1n) is 11.3. The molecule has 0 aliphatic carbocycles. The second-order valence-corrected chi connectivity index (χ2v) is 8.14. The number of aliphatic hydroxyl groups excluding tert-OH is 1. The number of benzene rings is 2. The SMILES string of the molecule is C#CCOCC(O)CN(CCC)Cc1c(C)nn(-c2ccccc2)c1Oc1cccc(C)c1. The summed E-state index contributed by atoms with van der Waals surface area (Å²) in [7, 11) is 0. The lowest BCUT2D eigenvalue weighted by Gasteiger charge is -2.25. The normalized spacial score (nSPS) is 12.0.